The van der Waals surface area contributed by atoms with E-state index in [4.69, 9.17) is 5.11 Å². The van der Waals surface area contributed by atoms with Gasteiger partial charge in [0.2, 0.25) is 0 Å². The minimum Gasteiger partial charge on any atom is -0.394 e. The molecule has 0 aliphatic carbocycles. The summed E-state index contributed by atoms with van der Waals surface area (Å²) < 4.78 is 0. The number of urea groups is 1. The van der Waals surface area contributed by atoms with E-state index in [9.17, 15) is 4.79 Å². The van der Waals surface area contributed by atoms with E-state index < -0.39 is 0 Å². The second-order valence-electron chi connectivity index (χ2n) is 4.27. The predicted molar refractivity (Wildman–Crippen MR) is 66.3 cm³/mol. The lowest BCUT2D eigenvalue weighted by atomic mass is 10.0. The third kappa shape index (κ3) is 8.29. The molecular weight excluding hydrogens is 204 g/mol. The highest BCUT2D eigenvalue weighted by Gasteiger charge is 2.11. The molecule has 0 aromatic heterocycles. The summed E-state index contributed by atoms with van der Waals surface area (Å²) in [5.41, 5.74) is 0. The highest BCUT2D eigenvalue weighted by Crippen LogP contribution is 2.03. The predicted octanol–water partition coefficient (Wildman–Crippen LogP) is 1.66. The molecule has 0 heterocycles. The molecule has 0 spiro atoms. The van der Waals surface area contributed by atoms with Crippen LogP contribution >= 0.6 is 0 Å². The standard InChI is InChI=1S/C12H24N2O2/c1-4-5-6-7-13-12(16)14-11(9-15)8-10(2)3/h4-5,10-11,15H,6-9H2,1-3H3,(H2,13,14,16)/b5-4+. The monoisotopic (exact) mass is 228 g/mol. The maximum Gasteiger partial charge on any atom is 0.315 e. The molecule has 94 valence electrons. The quantitative estimate of drug-likeness (QED) is 0.458. The molecule has 1 unspecified atom stereocenters. The van der Waals surface area contributed by atoms with Gasteiger partial charge in [-0.2, -0.15) is 0 Å². The average molecular weight is 228 g/mol. The number of aliphatic hydroxyl groups excluding tert-OH is 1. The summed E-state index contributed by atoms with van der Waals surface area (Å²) in [5, 5.41) is 14.6. The van der Waals surface area contributed by atoms with E-state index in [1.165, 1.54) is 0 Å². The van der Waals surface area contributed by atoms with Crippen LogP contribution in [-0.2, 0) is 0 Å². The fourth-order valence-electron chi connectivity index (χ4n) is 1.42. The number of nitrogens with one attached hydrogen (secondary N) is 2. The van der Waals surface area contributed by atoms with Crippen molar-refractivity contribution in [1.82, 2.24) is 10.6 Å². The maximum atomic E-state index is 11.4. The van der Waals surface area contributed by atoms with Crippen molar-refractivity contribution in [3.05, 3.63) is 12.2 Å². The molecule has 4 nitrogen and oxygen atoms in total. The summed E-state index contributed by atoms with van der Waals surface area (Å²) in [4.78, 5) is 11.4. The molecule has 0 aliphatic heterocycles. The topological polar surface area (TPSA) is 61.4 Å². The molecule has 4 heteroatoms. The Morgan fingerprint density at radius 3 is 2.62 bits per heavy atom. The van der Waals surface area contributed by atoms with Gasteiger partial charge in [0.1, 0.15) is 0 Å². The van der Waals surface area contributed by atoms with Crippen molar-refractivity contribution < 1.29 is 9.90 Å². The van der Waals surface area contributed by atoms with Crippen LogP contribution < -0.4 is 10.6 Å². The van der Waals surface area contributed by atoms with Crippen LogP contribution in [0.1, 0.15) is 33.6 Å². The number of aliphatic hydroxyl groups is 1. The van der Waals surface area contributed by atoms with Gasteiger partial charge in [-0.05, 0) is 25.7 Å². The molecule has 16 heavy (non-hydrogen) atoms. The SMILES string of the molecule is C/C=C/CCNC(=O)NC(CO)CC(C)C. The number of carbonyl (C=O) groups excluding carboxylic acids is 1. The maximum absolute atomic E-state index is 11.4. The summed E-state index contributed by atoms with van der Waals surface area (Å²) in [6.07, 6.45) is 5.57. The van der Waals surface area contributed by atoms with Gasteiger partial charge in [0.05, 0.1) is 12.6 Å². The van der Waals surface area contributed by atoms with Crippen molar-refractivity contribution in [3.63, 3.8) is 0 Å². The highest BCUT2D eigenvalue weighted by molar-refractivity contribution is 5.74. The Bertz CT molecular complexity index is 215. The average Bonchev–Trinajstić information content (AvgIpc) is 2.23. The number of hydrogen-bond acceptors (Lipinski definition) is 2. The van der Waals surface area contributed by atoms with E-state index in [1.54, 1.807) is 0 Å². The molecule has 0 saturated heterocycles. The first-order chi connectivity index (χ1) is 7.60. The van der Waals surface area contributed by atoms with Crippen LogP contribution in [-0.4, -0.2) is 30.3 Å². The van der Waals surface area contributed by atoms with Crippen LogP contribution in [0.25, 0.3) is 0 Å². The number of amides is 2. The Hall–Kier alpha value is -1.03. The highest BCUT2D eigenvalue weighted by atomic mass is 16.3. The summed E-state index contributed by atoms with van der Waals surface area (Å²) >= 11 is 0. The first kappa shape index (κ1) is 15.0. The lowest BCUT2D eigenvalue weighted by Gasteiger charge is -2.18. The van der Waals surface area contributed by atoms with Crippen molar-refractivity contribution in [2.45, 2.75) is 39.7 Å². The van der Waals surface area contributed by atoms with Gasteiger partial charge in [-0.15, -0.1) is 0 Å². The molecule has 0 aromatic carbocycles. The molecule has 2 amide bonds. The van der Waals surface area contributed by atoms with Gasteiger partial charge in [0, 0.05) is 6.54 Å². The Kier molecular flexibility index (Phi) is 8.62. The Balaban J connectivity index is 3.74. The normalized spacial score (nSPS) is 13.1. The zero-order valence-corrected chi connectivity index (χ0v) is 10.5. The van der Waals surface area contributed by atoms with Crippen LogP contribution in [0.5, 0.6) is 0 Å². The van der Waals surface area contributed by atoms with Gasteiger partial charge in [0.15, 0.2) is 0 Å². The summed E-state index contributed by atoms with van der Waals surface area (Å²) in [6.45, 7) is 6.68. The van der Waals surface area contributed by atoms with Gasteiger partial charge < -0.3 is 15.7 Å². The van der Waals surface area contributed by atoms with Crippen LogP contribution in [0.3, 0.4) is 0 Å². The Morgan fingerprint density at radius 2 is 2.12 bits per heavy atom. The van der Waals surface area contributed by atoms with E-state index >= 15 is 0 Å². The molecule has 1 atom stereocenters. The molecule has 0 fully saturated rings. The lowest BCUT2D eigenvalue weighted by molar-refractivity contribution is 0.207. The van der Waals surface area contributed by atoms with Crippen molar-refractivity contribution in [2.75, 3.05) is 13.2 Å². The number of allylic oxidation sites excluding steroid dienone is 1. The van der Waals surface area contributed by atoms with Crippen molar-refractivity contribution >= 4 is 6.03 Å². The van der Waals surface area contributed by atoms with Gasteiger partial charge in [-0.25, -0.2) is 4.79 Å². The van der Waals surface area contributed by atoms with E-state index in [0.717, 1.165) is 12.8 Å². The largest absolute Gasteiger partial charge is 0.394 e. The fourth-order valence-corrected chi connectivity index (χ4v) is 1.42. The van der Waals surface area contributed by atoms with E-state index in [1.807, 2.05) is 19.1 Å². The van der Waals surface area contributed by atoms with Gasteiger partial charge in [-0.1, -0.05) is 26.0 Å². The lowest BCUT2D eigenvalue weighted by Crippen LogP contribution is -2.44. The Morgan fingerprint density at radius 1 is 1.44 bits per heavy atom. The number of hydrogen-bond donors (Lipinski definition) is 3. The van der Waals surface area contributed by atoms with Gasteiger partial charge >= 0.3 is 6.03 Å². The van der Waals surface area contributed by atoms with Crippen molar-refractivity contribution in [1.29, 1.82) is 0 Å². The summed E-state index contributed by atoms with van der Waals surface area (Å²) in [5.74, 6) is 0.459. The molecule has 0 bridgehead atoms. The van der Waals surface area contributed by atoms with Crippen molar-refractivity contribution in [2.24, 2.45) is 5.92 Å². The zero-order valence-electron chi connectivity index (χ0n) is 10.5. The molecule has 0 radical (unpaired) electrons. The molecule has 0 aliphatic rings. The van der Waals surface area contributed by atoms with E-state index in [0.29, 0.717) is 12.5 Å². The van der Waals surface area contributed by atoms with Crippen LogP contribution in [0, 0.1) is 5.92 Å². The smallest absolute Gasteiger partial charge is 0.315 e. The summed E-state index contributed by atoms with van der Waals surface area (Å²) in [7, 11) is 0. The van der Waals surface area contributed by atoms with Gasteiger partial charge in [0.25, 0.3) is 0 Å². The molecule has 0 aromatic rings. The van der Waals surface area contributed by atoms with E-state index in [2.05, 4.69) is 24.5 Å². The number of carbonyl (C=O) groups is 1. The first-order valence-corrected chi connectivity index (χ1v) is 5.86. The van der Waals surface area contributed by atoms with Crippen molar-refractivity contribution in [3.8, 4) is 0 Å². The van der Waals surface area contributed by atoms with E-state index in [-0.39, 0.29) is 18.7 Å². The third-order valence-corrected chi connectivity index (χ3v) is 2.14. The second kappa shape index (κ2) is 9.21. The summed E-state index contributed by atoms with van der Waals surface area (Å²) in [6, 6.07) is -0.356. The fraction of sp³-hybridized carbons (Fsp3) is 0.750. The van der Waals surface area contributed by atoms with Gasteiger partial charge in [-0.3, -0.25) is 0 Å². The minimum absolute atomic E-state index is 0.0134. The first-order valence-electron chi connectivity index (χ1n) is 5.86. The van der Waals surface area contributed by atoms with Crippen LogP contribution in [0.2, 0.25) is 0 Å². The number of rotatable bonds is 7. The molecular formula is C12H24N2O2. The molecule has 3 N–H and O–H groups in total. The Labute approximate surface area is 98.1 Å². The molecule has 0 saturated carbocycles. The van der Waals surface area contributed by atoms with Crippen LogP contribution in [0.4, 0.5) is 4.79 Å². The van der Waals surface area contributed by atoms with Crippen LogP contribution in [0.15, 0.2) is 12.2 Å². The molecule has 0 rings (SSSR count). The minimum atomic E-state index is -0.204. The third-order valence-electron chi connectivity index (χ3n) is 2.14. The second-order valence-corrected chi connectivity index (χ2v) is 4.27. The zero-order chi connectivity index (χ0) is 12.4.